The summed E-state index contributed by atoms with van der Waals surface area (Å²) < 4.78 is 18.8. The van der Waals surface area contributed by atoms with Gasteiger partial charge in [-0.25, -0.2) is 14.4 Å². The lowest BCUT2D eigenvalue weighted by Gasteiger charge is -2.26. The standard InChI is InChI=1S/C23H24FN5O2/c24-17-6-8-18(9-7-17)31-12-11-29-10-2-5-20(29)21-19(14-27-23(26)28-21)15-3-1-4-16(13-15)22(25)30/h1,3-4,6-9,13-14,20H,2,5,10-12H2,(H2,25,30)(H2,26,27,28)/t20-/m0/s1. The minimum atomic E-state index is -0.486. The number of likely N-dealkylation sites (tertiary alicyclic amines) is 1. The summed E-state index contributed by atoms with van der Waals surface area (Å²) in [7, 11) is 0. The van der Waals surface area contributed by atoms with Crippen LogP contribution in [-0.2, 0) is 0 Å². The number of amides is 1. The Labute approximate surface area is 179 Å². The number of carbonyl (C=O) groups is 1. The lowest BCUT2D eigenvalue weighted by molar-refractivity contribution is 0.100. The summed E-state index contributed by atoms with van der Waals surface area (Å²) >= 11 is 0. The summed E-state index contributed by atoms with van der Waals surface area (Å²) in [6.07, 6.45) is 3.64. The Kier molecular flexibility index (Phi) is 6.08. The van der Waals surface area contributed by atoms with E-state index in [1.165, 1.54) is 12.1 Å². The number of anilines is 1. The van der Waals surface area contributed by atoms with E-state index in [1.54, 1.807) is 36.5 Å². The summed E-state index contributed by atoms with van der Waals surface area (Å²) in [5, 5.41) is 0. The molecule has 2 aromatic carbocycles. The molecule has 1 aromatic heterocycles. The highest BCUT2D eigenvalue weighted by atomic mass is 19.1. The maximum Gasteiger partial charge on any atom is 0.248 e. The van der Waals surface area contributed by atoms with Crippen molar-refractivity contribution in [3.05, 3.63) is 71.8 Å². The second-order valence-corrected chi connectivity index (χ2v) is 7.47. The molecule has 0 radical (unpaired) electrons. The molecule has 2 heterocycles. The number of benzene rings is 2. The van der Waals surface area contributed by atoms with E-state index in [1.807, 2.05) is 6.07 Å². The Balaban J connectivity index is 1.55. The number of nitrogens with two attached hydrogens (primary N) is 2. The molecule has 7 nitrogen and oxygen atoms in total. The molecular formula is C23H24FN5O2. The third kappa shape index (κ3) is 4.80. The molecule has 1 saturated heterocycles. The highest BCUT2D eigenvalue weighted by molar-refractivity contribution is 5.94. The zero-order valence-electron chi connectivity index (χ0n) is 17.0. The summed E-state index contributed by atoms with van der Waals surface area (Å²) in [5.41, 5.74) is 14.3. The van der Waals surface area contributed by atoms with Crippen LogP contribution in [0.15, 0.2) is 54.7 Å². The van der Waals surface area contributed by atoms with Crippen molar-refractivity contribution in [3.63, 3.8) is 0 Å². The van der Waals surface area contributed by atoms with Gasteiger partial charge >= 0.3 is 0 Å². The molecule has 0 unspecified atom stereocenters. The molecule has 1 aliphatic rings. The first kappa shape index (κ1) is 20.7. The van der Waals surface area contributed by atoms with Crippen LogP contribution >= 0.6 is 0 Å². The van der Waals surface area contributed by atoms with Gasteiger partial charge in [0.1, 0.15) is 18.2 Å². The van der Waals surface area contributed by atoms with Gasteiger partial charge in [-0.05, 0) is 61.3 Å². The number of hydrogen-bond donors (Lipinski definition) is 2. The lowest BCUT2D eigenvalue weighted by atomic mass is 9.98. The molecule has 8 heteroatoms. The number of halogens is 1. The zero-order valence-corrected chi connectivity index (χ0v) is 17.0. The Morgan fingerprint density at radius 2 is 2.03 bits per heavy atom. The lowest BCUT2D eigenvalue weighted by Crippen LogP contribution is -2.29. The van der Waals surface area contributed by atoms with Crippen LogP contribution in [0.4, 0.5) is 10.3 Å². The van der Waals surface area contributed by atoms with Crippen LogP contribution in [0.25, 0.3) is 11.1 Å². The van der Waals surface area contributed by atoms with Crippen molar-refractivity contribution < 1.29 is 13.9 Å². The van der Waals surface area contributed by atoms with E-state index in [2.05, 4.69) is 14.9 Å². The van der Waals surface area contributed by atoms with E-state index in [9.17, 15) is 9.18 Å². The Morgan fingerprint density at radius 3 is 2.81 bits per heavy atom. The third-order valence-corrected chi connectivity index (χ3v) is 5.44. The van der Waals surface area contributed by atoms with Gasteiger partial charge in [0.05, 0.1) is 11.7 Å². The quantitative estimate of drug-likeness (QED) is 0.607. The molecule has 3 aromatic rings. The fraction of sp³-hybridized carbons (Fsp3) is 0.261. The number of rotatable bonds is 7. The predicted molar refractivity (Wildman–Crippen MR) is 116 cm³/mol. The minimum absolute atomic E-state index is 0.0503. The van der Waals surface area contributed by atoms with Crippen molar-refractivity contribution in [2.24, 2.45) is 5.73 Å². The summed E-state index contributed by atoms with van der Waals surface area (Å²) in [6.45, 7) is 2.06. The van der Waals surface area contributed by atoms with Crippen molar-refractivity contribution >= 4 is 11.9 Å². The average molecular weight is 421 g/mol. The van der Waals surface area contributed by atoms with Crippen molar-refractivity contribution in [2.75, 3.05) is 25.4 Å². The Hall–Kier alpha value is -3.52. The zero-order chi connectivity index (χ0) is 21.8. The Bertz CT molecular complexity index is 1070. The normalized spacial score (nSPS) is 16.4. The topological polar surface area (TPSA) is 107 Å². The molecule has 0 saturated carbocycles. The van der Waals surface area contributed by atoms with Crippen LogP contribution in [0.3, 0.4) is 0 Å². The maximum absolute atomic E-state index is 13.1. The van der Waals surface area contributed by atoms with E-state index in [0.717, 1.165) is 36.2 Å². The number of aromatic nitrogens is 2. The molecule has 1 amide bonds. The largest absolute Gasteiger partial charge is 0.492 e. The molecule has 1 atom stereocenters. The van der Waals surface area contributed by atoms with Gasteiger partial charge in [0.2, 0.25) is 11.9 Å². The van der Waals surface area contributed by atoms with Gasteiger partial charge in [-0.2, -0.15) is 0 Å². The monoisotopic (exact) mass is 421 g/mol. The fourth-order valence-corrected chi connectivity index (χ4v) is 3.94. The van der Waals surface area contributed by atoms with Gasteiger partial charge in [-0.15, -0.1) is 0 Å². The van der Waals surface area contributed by atoms with Crippen molar-refractivity contribution in [1.82, 2.24) is 14.9 Å². The van der Waals surface area contributed by atoms with Gasteiger partial charge in [0.25, 0.3) is 0 Å². The third-order valence-electron chi connectivity index (χ3n) is 5.44. The number of primary amides is 1. The highest BCUT2D eigenvalue weighted by Crippen LogP contribution is 2.36. The molecule has 160 valence electrons. The molecule has 4 N–H and O–H groups in total. The summed E-state index contributed by atoms with van der Waals surface area (Å²) in [6, 6.07) is 13.2. The molecular weight excluding hydrogens is 397 g/mol. The van der Waals surface area contributed by atoms with Gasteiger partial charge < -0.3 is 16.2 Å². The van der Waals surface area contributed by atoms with Crippen LogP contribution in [-0.4, -0.2) is 40.5 Å². The number of ether oxygens (including phenoxy) is 1. The molecule has 31 heavy (non-hydrogen) atoms. The minimum Gasteiger partial charge on any atom is -0.492 e. The van der Waals surface area contributed by atoms with Crippen LogP contribution < -0.4 is 16.2 Å². The molecule has 0 spiro atoms. The van der Waals surface area contributed by atoms with Crippen molar-refractivity contribution in [1.29, 1.82) is 0 Å². The van der Waals surface area contributed by atoms with Crippen LogP contribution in [0.2, 0.25) is 0 Å². The van der Waals surface area contributed by atoms with E-state index in [0.29, 0.717) is 24.5 Å². The number of nitrogen functional groups attached to an aromatic ring is 1. The smallest absolute Gasteiger partial charge is 0.248 e. The van der Waals surface area contributed by atoms with E-state index in [-0.39, 0.29) is 17.8 Å². The van der Waals surface area contributed by atoms with E-state index in [4.69, 9.17) is 16.2 Å². The average Bonchev–Trinajstić information content (AvgIpc) is 3.23. The molecule has 0 bridgehead atoms. The van der Waals surface area contributed by atoms with Gasteiger partial charge in [-0.3, -0.25) is 9.69 Å². The van der Waals surface area contributed by atoms with Crippen LogP contribution in [0.1, 0.15) is 34.9 Å². The molecule has 4 rings (SSSR count). The van der Waals surface area contributed by atoms with Crippen molar-refractivity contribution in [3.8, 4) is 16.9 Å². The molecule has 0 aliphatic carbocycles. The van der Waals surface area contributed by atoms with Gasteiger partial charge in [-0.1, -0.05) is 12.1 Å². The number of carbonyl (C=O) groups excluding carboxylic acids is 1. The van der Waals surface area contributed by atoms with Gasteiger partial charge in [0.15, 0.2) is 0 Å². The summed E-state index contributed by atoms with van der Waals surface area (Å²) in [4.78, 5) is 22.6. The number of nitrogens with zero attached hydrogens (tertiary/aromatic N) is 3. The first-order valence-electron chi connectivity index (χ1n) is 10.2. The maximum atomic E-state index is 13.1. The first-order valence-corrected chi connectivity index (χ1v) is 10.2. The van der Waals surface area contributed by atoms with E-state index < -0.39 is 5.91 Å². The number of hydrogen-bond acceptors (Lipinski definition) is 6. The highest BCUT2D eigenvalue weighted by Gasteiger charge is 2.29. The predicted octanol–water partition coefficient (Wildman–Crippen LogP) is 3.18. The fourth-order valence-electron chi connectivity index (χ4n) is 3.94. The van der Waals surface area contributed by atoms with Crippen LogP contribution in [0.5, 0.6) is 5.75 Å². The van der Waals surface area contributed by atoms with Crippen molar-refractivity contribution in [2.45, 2.75) is 18.9 Å². The summed E-state index contributed by atoms with van der Waals surface area (Å²) in [5.74, 6) is 0.0630. The van der Waals surface area contributed by atoms with Crippen LogP contribution in [0, 0.1) is 5.82 Å². The van der Waals surface area contributed by atoms with Gasteiger partial charge in [0, 0.05) is 23.9 Å². The SMILES string of the molecule is NC(=O)c1cccc(-c2cnc(N)nc2[C@@H]2CCCN2CCOc2ccc(F)cc2)c1. The molecule has 1 fully saturated rings. The second-order valence-electron chi connectivity index (χ2n) is 7.47. The Morgan fingerprint density at radius 1 is 1.23 bits per heavy atom. The van der Waals surface area contributed by atoms with E-state index >= 15 is 0 Å². The first-order chi connectivity index (χ1) is 15.0. The molecule has 1 aliphatic heterocycles. The second kappa shape index (κ2) is 9.09.